The molecular weight excluding hydrogens is 379 g/mol. The number of ether oxygens (including phenoxy) is 1. The molecule has 0 aromatic heterocycles. The highest BCUT2D eigenvalue weighted by Crippen LogP contribution is 2.35. The van der Waals surface area contributed by atoms with Crippen LogP contribution in [0.15, 0.2) is 21.1 Å². The maximum Gasteiger partial charge on any atom is 0.392 e. The summed E-state index contributed by atoms with van der Waals surface area (Å²) in [6.45, 7) is 0.101. The van der Waals surface area contributed by atoms with Gasteiger partial charge in [0, 0.05) is 0 Å². The molecule has 0 radical (unpaired) electrons. The molecule has 0 bridgehead atoms. The second-order valence-corrected chi connectivity index (χ2v) is 5.35. The summed E-state index contributed by atoms with van der Waals surface area (Å²) in [5.41, 5.74) is 6.43. The zero-order valence-corrected chi connectivity index (χ0v) is 12.5. The molecule has 0 unspecified atom stereocenters. The first kappa shape index (κ1) is 15.8. The molecule has 0 fully saturated rings. The van der Waals surface area contributed by atoms with E-state index in [1.165, 1.54) is 0 Å². The highest BCUT2D eigenvalue weighted by atomic mass is 79.9. The van der Waals surface area contributed by atoms with Crippen molar-refractivity contribution in [2.75, 3.05) is 13.2 Å². The number of hydrogen-bond acceptors (Lipinski definition) is 2. The smallest absolute Gasteiger partial charge is 0.392 e. The average Bonchev–Trinajstić information content (AvgIpc) is 2.21. The first-order valence-corrected chi connectivity index (χ1v) is 6.79. The third-order valence-electron chi connectivity index (χ3n) is 2.12. The van der Waals surface area contributed by atoms with Crippen LogP contribution in [0, 0.1) is 0 Å². The topological polar surface area (TPSA) is 35.2 Å². The molecule has 0 spiro atoms. The Morgan fingerprint density at radius 3 is 2.17 bits per heavy atom. The monoisotopic (exact) mass is 389 g/mol. The van der Waals surface area contributed by atoms with Crippen molar-refractivity contribution >= 4 is 31.9 Å². The minimum Gasteiger partial charge on any atom is -0.491 e. The molecule has 2 nitrogen and oxygen atoms in total. The summed E-state index contributed by atoms with van der Waals surface area (Å²) in [5.74, 6) is 0.375. The fourth-order valence-corrected chi connectivity index (χ4v) is 2.84. The number of halogens is 5. The van der Waals surface area contributed by atoms with Crippen LogP contribution in [0.4, 0.5) is 13.2 Å². The van der Waals surface area contributed by atoms with Gasteiger partial charge in [-0.05, 0) is 62.5 Å². The highest BCUT2D eigenvalue weighted by Gasteiger charge is 2.27. The van der Waals surface area contributed by atoms with E-state index in [0.29, 0.717) is 27.7 Å². The van der Waals surface area contributed by atoms with Crippen LogP contribution in [0.2, 0.25) is 0 Å². The van der Waals surface area contributed by atoms with Gasteiger partial charge in [-0.25, -0.2) is 0 Å². The number of rotatable bonds is 5. The Kier molecular flexibility index (Phi) is 5.94. The van der Waals surface area contributed by atoms with Gasteiger partial charge in [0.15, 0.2) is 0 Å². The Bertz CT molecular complexity index is 387. The molecule has 0 heterocycles. The summed E-state index contributed by atoms with van der Waals surface area (Å²) in [6.07, 6.45) is -4.49. The summed E-state index contributed by atoms with van der Waals surface area (Å²) in [6, 6.07) is 3.58. The van der Waals surface area contributed by atoms with Gasteiger partial charge < -0.3 is 10.5 Å². The molecule has 0 saturated heterocycles. The standard InChI is InChI=1S/C11H12Br2F3NO/c12-8-5-7(1-3-17)6-9(13)10(8)18-4-2-11(14,15)16/h5-6H,1-4,17H2. The van der Waals surface area contributed by atoms with E-state index < -0.39 is 19.2 Å². The van der Waals surface area contributed by atoms with Gasteiger partial charge >= 0.3 is 6.18 Å². The van der Waals surface area contributed by atoms with Crippen molar-refractivity contribution in [2.45, 2.75) is 19.0 Å². The molecule has 0 amide bonds. The molecule has 2 N–H and O–H groups in total. The lowest BCUT2D eigenvalue weighted by Gasteiger charge is -2.13. The molecule has 1 aromatic rings. The van der Waals surface area contributed by atoms with Gasteiger partial charge in [0.1, 0.15) is 5.75 Å². The lowest BCUT2D eigenvalue weighted by Crippen LogP contribution is -2.13. The van der Waals surface area contributed by atoms with Gasteiger partial charge in [-0.15, -0.1) is 0 Å². The molecule has 0 saturated carbocycles. The number of benzene rings is 1. The van der Waals surface area contributed by atoms with Gasteiger partial charge in [0.05, 0.1) is 22.0 Å². The Balaban J connectivity index is 2.71. The fraction of sp³-hybridized carbons (Fsp3) is 0.455. The first-order chi connectivity index (χ1) is 8.33. The Morgan fingerprint density at radius 1 is 1.17 bits per heavy atom. The van der Waals surface area contributed by atoms with Crippen molar-refractivity contribution in [2.24, 2.45) is 5.73 Å². The molecule has 7 heteroatoms. The third-order valence-corrected chi connectivity index (χ3v) is 3.30. The van der Waals surface area contributed by atoms with Crippen LogP contribution < -0.4 is 10.5 Å². The van der Waals surface area contributed by atoms with Crippen molar-refractivity contribution in [3.63, 3.8) is 0 Å². The number of hydrogen-bond donors (Lipinski definition) is 1. The van der Waals surface area contributed by atoms with E-state index in [9.17, 15) is 13.2 Å². The minimum absolute atomic E-state index is 0.375. The largest absolute Gasteiger partial charge is 0.491 e. The molecular formula is C11H12Br2F3NO. The predicted molar refractivity (Wildman–Crippen MR) is 70.8 cm³/mol. The summed E-state index contributed by atoms with van der Waals surface area (Å²) >= 11 is 6.54. The molecule has 0 aliphatic rings. The van der Waals surface area contributed by atoms with Crippen LogP contribution in [0.1, 0.15) is 12.0 Å². The molecule has 0 atom stereocenters. The lowest BCUT2D eigenvalue weighted by atomic mass is 10.1. The zero-order valence-electron chi connectivity index (χ0n) is 9.36. The van der Waals surface area contributed by atoms with Gasteiger partial charge in [-0.2, -0.15) is 13.2 Å². The fourth-order valence-electron chi connectivity index (χ4n) is 1.33. The van der Waals surface area contributed by atoms with Crippen molar-refractivity contribution in [3.8, 4) is 5.75 Å². The van der Waals surface area contributed by atoms with Crippen LogP contribution in [0.3, 0.4) is 0 Å². The molecule has 18 heavy (non-hydrogen) atoms. The highest BCUT2D eigenvalue weighted by molar-refractivity contribution is 9.11. The van der Waals surface area contributed by atoms with E-state index in [1.54, 1.807) is 12.1 Å². The van der Waals surface area contributed by atoms with Crippen LogP contribution >= 0.6 is 31.9 Å². The maximum atomic E-state index is 12.0. The van der Waals surface area contributed by atoms with Crippen LogP contribution in [0.5, 0.6) is 5.75 Å². The van der Waals surface area contributed by atoms with Crippen molar-refractivity contribution in [1.82, 2.24) is 0 Å². The summed E-state index contributed by atoms with van der Waals surface area (Å²) in [7, 11) is 0. The first-order valence-electron chi connectivity index (χ1n) is 5.21. The van der Waals surface area contributed by atoms with E-state index in [2.05, 4.69) is 31.9 Å². The van der Waals surface area contributed by atoms with Gasteiger partial charge in [0.25, 0.3) is 0 Å². The Hall–Kier alpha value is -0.270. The zero-order chi connectivity index (χ0) is 13.8. The number of nitrogens with two attached hydrogens (primary N) is 1. The van der Waals surface area contributed by atoms with E-state index in [1.807, 2.05) is 0 Å². The maximum absolute atomic E-state index is 12.0. The Morgan fingerprint density at radius 2 is 1.72 bits per heavy atom. The molecule has 0 aliphatic heterocycles. The third kappa shape index (κ3) is 5.16. The Labute approximate surface area is 120 Å². The second-order valence-electron chi connectivity index (χ2n) is 3.64. The van der Waals surface area contributed by atoms with Gasteiger partial charge in [-0.3, -0.25) is 0 Å². The second kappa shape index (κ2) is 6.77. The summed E-state index contributed by atoms with van der Waals surface area (Å²) in [5, 5.41) is 0. The molecule has 1 rings (SSSR count). The van der Waals surface area contributed by atoms with E-state index in [4.69, 9.17) is 10.5 Å². The van der Waals surface area contributed by atoms with Crippen molar-refractivity contribution < 1.29 is 17.9 Å². The van der Waals surface area contributed by atoms with Gasteiger partial charge in [0.2, 0.25) is 0 Å². The van der Waals surface area contributed by atoms with Crippen LogP contribution in [-0.4, -0.2) is 19.3 Å². The molecule has 0 aliphatic carbocycles. The minimum atomic E-state index is -4.21. The summed E-state index contributed by atoms with van der Waals surface area (Å²) < 4.78 is 42.4. The van der Waals surface area contributed by atoms with Crippen molar-refractivity contribution in [3.05, 3.63) is 26.6 Å². The average molecular weight is 391 g/mol. The predicted octanol–water partition coefficient (Wildman–Crippen LogP) is 4.04. The normalized spacial score (nSPS) is 11.7. The number of alkyl halides is 3. The van der Waals surface area contributed by atoms with Crippen LogP contribution in [-0.2, 0) is 6.42 Å². The van der Waals surface area contributed by atoms with E-state index >= 15 is 0 Å². The van der Waals surface area contributed by atoms with Crippen LogP contribution in [0.25, 0.3) is 0 Å². The molecule has 102 valence electrons. The molecule has 1 aromatic carbocycles. The quantitative estimate of drug-likeness (QED) is 0.823. The lowest BCUT2D eigenvalue weighted by molar-refractivity contribution is -0.139. The SMILES string of the molecule is NCCc1cc(Br)c(OCCC(F)(F)F)c(Br)c1. The van der Waals surface area contributed by atoms with Crippen molar-refractivity contribution in [1.29, 1.82) is 0 Å². The van der Waals surface area contributed by atoms with E-state index in [0.717, 1.165) is 5.56 Å². The summed E-state index contributed by atoms with van der Waals surface area (Å²) in [4.78, 5) is 0. The van der Waals surface area contributed by atoms with E-state index in [-0.39, 0.29) is 0 Å². The van der Waals surface area contributed by atoms with Gasteiger partial charge in [-0.1, -0.05) is 0 Å².